The molecule has 6 nitrogen and oxygen atoms in total. The van der Waals surface area contributed by atoms with Crippen LogP contribution in [0.25, 0.3) is 0 Å². The van der Waals surface area contributed by atoms with E-state index < -0.39 is 15.8 Å². The molecule has 0 atom stereocenters. The van der Waals surface area contributed by atoms with Crippen LogP contribution in [0.3, 0.4) is 0 Å². The molecule has 3 aromatic rings. The van der Waals surface area contributed by atoms with Gasteiger partial charge in [-0.2, -0.15) is 0 Å². The van der Waals surface area contributed by atoms with Crippen LogP contribution >= 0.6 is 0 Å². The van der Waals surface area contributed by atoms with Crippen LogP contribution in [0.1, 0.15) is 11.1 Å². The number of aryl methyl sites for hydroxylation is 2. The van der Waals surface area contributed by atoms with Crippen molar-refractivity contribution < 1.29 is 22.3 Å². The second kappa shape index (κ2) is 9.18. The maximum Gasteiger partial charge on any atom is 0.264 e. The van der Waals surface area contributed by atoms with Gasteiger partial charge >= 0.3 is 0 Å². The topological polar surface area (TPSA) is 75.7 Å². The molecule has 0 bridgehead atoms. The zero-order valence-electron chi connectivity index (χ0n) is 17.4. The highest BCUT2D eigenvalue weighted by Gasteiger charge is 2.21. The van der Waals surface area contributed by atoms with Crippen molar-refractivity contribution in [2.75, 3.05) is 23.3 Å². The highest BCUT2D eigenvalue weighted by Crippen LogP contribution is 2.24. The lowest BCUT2D eigenvalue weighted by atomic mass is 10.1. The molecule has 0 aliphatic rings. The monoisotopic (exact) mass is 442 g/mol. The summed E-state index contributed by atoms with van der Waals surface area (Å²) in [7, 11) is -2.42. The van der Waals surface area contributed by atoms with E-state index in [1.54, 1.807) is 24.3 Å². The van der Waals surface area contributed by atoms with Crippen LogP contribution in [0.5, 0.6) is 5.75 Å². The number of carbonyl (C=O) groups is 1. The number of nitrogens with one attached hydrogen (secondary N) is 1. The highest BCUT2D eigenvalue weighted by molar-refractivity contribution is 7.92. The minimum Gasteiger partial charge on any atom is -0.484 e. The third-order valence-electron chi connectivity index (χ3n) is 4.55. The molecule has 0 aliphatic heterocycles. The summed E-state index contributed by atoms with van der Waals surface area (Å²) < 4.78 is 45.0. The second-order valence-corrected chi connectivity index (χ2v) is 9.10. The van der Waals surface area contributed by atoms with Crippen LogP contribution in [0, 0.1) is 19.7 Å². The van der Waals surface area contributed by atoms with Crippen LogP contribution in [-0.2, 0) is 14.8 Å². The summed E-state index contributed by atoms with van der Waals surface area (Å²) in [6.07, 6.45) is 0. The number of anilines is 2. The van der Waals surface area contributed by atoms with Gasteiger partial charge in [-0.15, -0.1) is 0 Å². The fraction of sp³-hybridized carbons (Fsp3) is 0.174. The Labute approximate surface area is 181 Å². The molecule has 162 valence electrons. The summed E-state index contributed by atoms with van der Waals surface area (Å²) in [4.78, 5) is 12.1. The van der Waals surface area contributed by atoms with E-state index in [0.29, 0.717) is 17.1 Å². The van der Waals surface area contributed by atoms with Crippen molar-refractivity contribution in [2.45, 2.75) is 18.7 Å². The van der Waals surface area contributed by atoms with Crippen LogP contribution in [0.4, 0.5) is 15.8 Å². The Bertz CT molecular complexity index is 1160. The second-order valence-electron chi connectivity index (χ2n) is 7.13. The Morgan fingerprint density at radius 2 is 1.55 bits per heavy atom. The number of amides is 1. The molecule has 0 saturated carbocycles. The van der Waals surface area contributed by atoms with Crippen LogP contribution < -0.4 is 14.4 Å². The van der Waals surface area contributed by atoms with Crippen LogP contribution in [-0.4, -0.2) is 28.0 Å². The molecule has 0 aliphatic carbocycles. The van der Waals surface area contributed by atoms with Gasteiger partial charge in [0.2, 0.25) is 0 Å². The quantitative estimate of drug-likeness (QED) is 0.592. The first kappa shape index (κ1) is 22.3. The first-order chi connectivity index (χ1) is 14.6. The first-order valence-corrected chi connectivity index (χ1v) is 10.9. The molecule has 0 spiro atoms. The lowest BCUT2D eigenvalue weighted by Crippen LogP contribution is -2.26. The van der Waals surface area contributed by atoms with Gasteiger partial charge in [0.25, 0.3) is 15.9 Å². The van der Waals surface area contributed by atoms with E-state index in [9.17, 15) is 17.6 Å². The Balaban J connectivity index is 1.62. The predicted molar refractivity (Wildman–Crippen MR) is 118 cm³/mol. The van der Waals surface area contributed by atoms with Gasteiger partial charge in [0.15, 0.2) is 6.61 Å². The maximum atomic E-state index is 13.1. The van der Waals surface area contributed by atoms with Crippen LogP contribution in [0.2, 0.25) is 0 Å². The number of benzene rings is 3. The number of nitrogens with zero attached hydrogens (tertiary/aromatic N) is 1. The van der Waals surface area contributed by atoms with E-state index in [1.807, 2.05) is 32.0 Å². The lowest BCUT2D eigenvalue weighted by molar-refractivity contribution is -0.118. The van der Waals surface area contributed by atoms with E-state index in [1.165, 1.54) is 19.2 Å². The number of halogens is 1. The standard InChI is InChI=1S/C23H23FN2O4S/c1-16-12-17(2)14-19(13-16)25-23(27)15-30-21-8-6-20(7-9-21)26(3)31(28,29)22-10-4-18(24)5-11-22/h4-14H,15H2,1-3H3,(H,25,27). The van der Waals surface area contributed by atoms with Gasteiger partial charge < -0.3 is 10.1 Å². The third-order valence-corrected chi connectivity index (χ3v) is 6.35. The summed E-state index contributed by atoms with van der Waals surface area (Å²) >= 11 is 0. The average molecular weight is 443 g/mol. The lowest BCUT2D eigenvalue weighted by Gasteiger charge is -2.20. The van der Waals surface area contributed by atoms with Gasteiger partial charge in [0.1, 0.15) is 11.6 Å². The zero-order valence-corrected chi connectivity index (χ0v) is 18.2. The zero-order chi connectivity index (χ0) is 22.6. The normalized spacial score (nSPS) is 11.1. The van der Waals surface area contributed by atoms with E-state index in [0.717, 1.165) is 27.6 Å². The fourth-order valence-corrected chi connectivity index (χ4v) is 4.24. The molecule has 0 heterocycles. The summed E-state index contributed by atoms with van der Waals surface area (Å²) in [5, 5.41) is 2.79. The summed E-state index contributed by atoms with van der Waals surface area (Å²) in [6, 6.07) is 16.7. The van der Waals surface area contributed by atoms with E-state index in [-0.39, 0.29) is 17.4 Å². The number of hydrogen-bond donors (Lipinski definition) is 1. The molecule has 0 saturated heterocycles. The Morgan fingerprint density at radius 1 is 0.968 bits per heavy atom. The molecule has 1 amide bonds. The molecule has 31 heavy (non-hydrogen) atoms. The van der Waals surface area contributed by atoms with Crippen molar-refractivity contribution in [1.29, 1.82) is 0 Å². The Morgan fingerprint density at radius 3 is 2.13 bits per heavy atom. The summed E-state index contributed by atoms with van der Waals surface area (Å²) in [5.41, 5.74) is 3.20. The van der Waals surface area contributed by atoms with Crippen molar-refractivity contribution in [3.8, 4) is 5.75 Å². The van der Waals surface area contributed by atoms with E-state index in [2.05, 4.69) is 5.32 Å². The molecule has 0 aromatic heterocycles. The SMILES string of the molecule is Cc1cc(C)cc(NC(=O)COc2ccc(N(C)S(=O)(=O)c3ccc(F)cc3)cc2)c1. The molecule has 3 aromatic carbocycles. The van der Waals surface area contributed by atoms with Gasteiger partial charge in [-0.25, -0.2) is 12.8 Å². The van der Waals surface area contributed by atoms with Crippen molar-refractivity contribution in [3.05, 3.63) is 83.7 Å². The smallest absolute Gasteiger partial charge is 0.264 e. The number of ether oxygens (including phenoxy) is 1. The molecular formula is C23H23FN2O4S. The van der Waals surface area contributed by atoms with Crippen molar-refractivity contribution in [3.63, 3.8) is 0 Å². The minimum atomic E-state index is -3.83. The highest BCUT2D eigenvalue weighted by atomic mass is 32.2. The molecule has 0 radical (unpaired) electrons. The average Bonchev–Trinajstić information content (AvgIpc) is 2.71. The van der Waals surface area contributed by atoms with Gasteiger partial charge in [-0.1, -0.05) is 6.07 Å². The largest absolute Gasteiger partial charge is 0.484 e. The fourth-order valence-electron chi connectivity index (χ4n) is 3.05. The number of rotatable bonds is 7. The molecule has 0 unspecified atom stereocenters. The summed E-state index contributed by atoms with van der Waals surface area (Å²) in [5.74, 6) is -0.387. The van der Waals surface area contributed by atoms with Crippen molar-refractivity contribution in [2.24, 2.45) is 0 Å². The number of sulfonamides is 1. The van der Waals surface area contributed by atoms with E-state index in [4.69, 9.17) is 4.74 Å². The van der Waals surface area contributed by atoms with E-state index >= 15 is 0 Å². The molecule has 8 heteroatoms. The van der Waals surface area contributed by atoms with Crippen molar-refractivity contribution in [1.82, 2.24) is 0 Å². The Hall–Kier alpha value is -3.39. The van der Waals surface area contributed by atoms with Gasteiger partial charge in [-0.3, -0.25) is 9.10 Å². The molecule has 3 rings (SSSR count). The molecular weight excluding hydrogens is 419 g/mol. The summed E-state index contributed by atoms with van der Waals surface area (Å²) in [6.45, 7) is 3.72. The van der Waals surface area contributed by atoms with Gasteiger partial charge in [-0.05, 0) is 85.6 Å². The first-order valence-electron chi connectivity index (χ1n) is 9.51. The Kier molecular flexibility index (Phi) is 6.60. The predicted octanol–water partition coefficient (Wildman–Crippen LogP) is 4.29. The minimum absolute atomic E-state index is 0.0141. The molecule has 0 fully saturated rings. The third kappa shape index (κ3) is 5.61. The number of carbonyl (C=O) groups excluding carboxylic acids is 1. The van der Waals surface area contributed by atoms with Crippen molar-refractivity contribution >= 4 is 27.3 Å². The van der Waals surface area contributed by atoms with Gasteiger partial charge in [0, 0.05) is 12.7 Å². The molecule has 1 N–H and O–H groups in total. The van der Waals surface area contributed by atoms with Crippen LogP contribution in [0.15, 0.2) is 71.6 Å². The maximum absolute atomic E-state index is 13.1. The van der Waals surface area contributed by atoms with Gasteiger partial charge in [0.05, 0.1) is 10.6 Å². The number of hydrogen-bond acceptors (Lipinski definition) is 4.